The van der Waals surface area contributed by atoms with Crippen molar-refractivity contribution in [2.75, 3.05) is 17.7 Å². The van der Waals surface area contributed by atoms with Gasteiger partial charge in [-0.3, -0.25) is 0 Å². The van der Waals surface area contributed by atoms with Gasteiger partial charge in [0, 0.05) is 11.3 Å². The molecule has 3 rings (SSSR count). The maximum Gasteiger partial charge on any atom is 0.199 e. The van der Waals surface area contributed by atoms with Crippen molar-refractivity contribution in [3.05, 3.63) is 89.4 Å². The molecule has 0 unspecified atom stereocenters. The van der Waals surface area contributed by atoms with Crippen molar-refractivity contribution in [1.82, 2.24) is 0 Å². The van der Waals surface area contributed by atoms with Crippen molar-refractivity contribution in [1.29, 1.82) is 0 Å². The smallest absolute Gasteiger partial charge is 0.199 e. The summed E-state index contributed by atoms with van der Waals surface area (Å²) in [5.74, 6) is 1.42. The first kappa shape index (κ1) is 18.9. The number of nitrogens with one attached hydrogen (secondary N) is 2. The Morgan fingerprint density at radius 3 is 2.22 bits per heavy atom. The summed E-state index contributed by atoms with van der Waals surface area (Å²) in [5.41, 5.74) is 2.50. The lowest BCUT2D eigenvalue weighted by molar-refractivity contribution is 0.415. The highest BCUT2D eigenvalue weighted by Gasteiger charge is 2.07. The maximum atomic E-state index is 6.18. The summed E-state index contributed by atoms with van der Waals surface area (Å²) < 4.78 is 5.20. The number of rotatable bonds is 4. The second kappa shape index (κ2) is 9.16. The number of thiocarbonyl (C=S) groups is 1. The first-order valence-electron chi connectivity index (χ1n) is 8.26. The highest BCUT2D eigenvalue weighted by molar-refractivity contribution is 7.80. The van der Waals surface area contributed by atoms with Gasteiger partial charge in [0.2, 0.25) is 0 Å². The average molecular weight is 396 g/mol. The number of aliphatic imine (C=N–C) groups is 1. The van der Waals surface area contributed by atoms with Crippen LogP contribution in [0.15, 0.2) is 83.9 Å². The van der Waals surface area contributed by atoms with Crippen LogP contribution in [0.3, 0.4) is 0 Å². The quantitative estimate of drug-likeness (QED) is 0.342. The fourth-order valence-electron chi connectivity index (χ4n) is 2.38. The zero-order chi connectivity index (χ0) is 19.1. The van der Waals surface area contributed by atoms with Gasteiger partial charge < -0.3 is 15.4 Å². The average Bonchev–Trinajstić information content (AvgIpc) is 2.70. The Kier molecular flexibility index (Phi) is 6.41. The number of nitrogens with zero attached hydrogens (tertiary/aromatic N) is 1. The number of anilines is 2. The summed E-state index contributed by atoms with van der Waals surface area (Å²) in [6.07, 6.45) is 0. The van der Waals surface area contributed by atoms with Gasteiger partial charge in [-0.25, -0.2) is 4.99 Å². The van der Waals surface area contributed by atoms with Crippen molar-refractivity contribution in [3.63, 3.8) is 0 Å². The predicted octanol–water partition coefficient (Wildman–Crippen LogP) is 5.60. The number of benzene rings is 3. The topological polar surface area (TPSA) is 45.6 Å². The van der Waals surface area contributed by atoms with Crippen molar-refractivity contribution in [3.8, 4) is 5.75 Å². The molecule has 6 heteroatoms. The molecule has 0 fully saturated rings. The van der Waals surface area contributed by atoms with E-state index in [-0.39, 0.29) is 0 Å². The molecule has 3 aromatic rings. The molecule has 0 saturated carbocycles. The van der Waals surface area contributed by atoms with E-state index in [1.807, 2.05) is 72.8 Å². The summed E-state index contributed by atoms with van der Waals surface area (Å²) in [4.78, 5) is 4.56. The predicted molar refractivity (Wildman–Crippen MR) is 117 cm³/mol. The summed E-state index contributed by atoms with van der Waals surface area (Å²) >= 11 is 11.6. The highest BCUT2D eigenvalue weighted by atomic mass is 35.5. The molecular formula is C21H18ClN3OS. The number of hydrogen-bond acceptors (Lipinski definition) is 2. The Morgan fingerprint density at radius 1 is 0.889 bits per heavy atom. The molecule has 0 atom stereocenters. The van der Waals surface area contributed by atoms with E-state index in [0.717, 1.165) is 17.0 Å². The van der Waals surface area contributed by atoms with Gasteiger partial charge in [-0.05, 0) is 48.6 Å². The third-order valence-corrected chi connectivity index (χ3v) is 4.25. The summed E-state index contributed by atoms with van der Waals surface area (Å²) in [7, 11) is 1.64. The van der Waals surface area contributed by atoms with Gasteiger partial charge in [-0.2, -0.15) is 0 Å². The molecule has 0 amide bonds. The Labute approximate surface area is 168 Å². The molecule has 136 valence electrons. The molecule has 2 N–H and O–H groups in total. The molecule has 3 aromatic carbocycles. The lowest BCUT2D eigenvalue weighted by atomic mass is 10.2. The molecule has 0 bridgehead atoms. The van der Waals surface area contributed by atoms with E-state index in [2.05, 4.69) is 15.6 Å². The lowest BCUT2D eigenvalue weighted by Gasteiger charge is -2.12. The highest BCUT2D eigenvalue weighted by Crippen LogP contribution is 2.21. The van der Waals surface area contributed by atoms with Crippen LogP contribution >= 0.6 is 23.8 Å². The van der Waals surface area contributed by atoms with E-state index in [1.54, 1.807) is 13.2 Å². The minimum Gasteiger partial charge on any atom is -0.497 e. The fourth-order valence-corrected chi connectivity index (χ4v) is 2.76. The summed E-state index contributed by atoms with van der Waals surface area (Å²) in [5, 5.41) is 7.27. The maximum absolute atomic E-state index is 6.18. The number of methoxy groups -OCH3 is 1. The number of para-hydroxylation sites is 1. The largest absolute Gasteiger partial charge is 0.497 e. The van der Waals surface area contributed by atoms with Crippen LogP contribution in [0.1, 0.15) is 5.56 Å². The minimum atomic E-state index is 0.308. The molecule has 0 aliphatic heterocycles. The van der Waals surface area contributed by atoms with Crippen LogP contribution in [0.4, 0.5) is 11.4 Å². The first-order valence-corrected chi connectivity index (χ1v) is 9.05. The molecule has 0 spiro atoms. The molecule has 27 heavy (non-hydrogen) atoms. The van der Waals surface area contributed by atoms with Gasteiger partial charge in [-0.1, -0.05) is 54.1 Å². The van der Waals surface area contributed by atoms with E-state index in [1.165, 1.54) is 0 Å². The summed E-state index contributed by atoms with van der Waals surface area (Å²) in [6.45, 7) is 0. The second-order valence-electron chi connectivity index (χ2n) is 5.59. The van der Waals surface area contributed by atoms with Crippen LogP contribution in [0.5, 0.6) is 5.75 Å². The molecule has 0 radical (unpaired) electrons. The van der Waals surface area contributed by atoms with Crippen LogP contribution in [-0.4, -0.2) is 18.1 Å². The fraction of sp³-hybridized carbons (Fsp3) is 0.0476. The van der Waals surface area contributed by atoms with Gasteiger partial charge in [-0.15, -0.1) is 0 Å². The van der Waals surface area contributed by atoms with Gasteiger partial charge in [0.1, 0.15) is 11.6 Å². The van der Waals surface area contributed by atoms with Crippen LogP contribution in [-0.2, 0) is 0 Å². The lowest BCUT2D eigenvalue weighted by Crippen LogP contribution is -2.18. The standard InChI is InChI=1S/C21H18ClN3OS/c1-26-17-13-11-16(12-14-17)23-20(15-7-3-2-4-8-15)25-21(27)24-19-10-6-5-9-18(19)22/h2-14H,1H3,(H2,23,24,25,27). The molecule has 0 heterocycles. The van der Waals surface area contributed by atoms with E-state index in [9.17, 15) is 0 Å². The zero-order valence-electron chi connectivity index (χ0n) is 14.6. The minimum absolute atomic E-state index is 0.308. The molecule has 0 saturated heterocycles. The van der Waals surface area contributed by atoms with Crippen LogP contribution in [0.25, 0.3) is 0 Å². The Bertz CT molecular complexity index is 943. The summed E-state index contributed by atoms with van der Waals surface area (Å²) in [6, 6.07) is 24.8. The monoisotopic (exact) mass is 395 g/mol. The third-order valence-electron chi connectivity index (χ3n) is 3.73. The van der Waals surface area contributed by atoms with Gasteiger partial charge in [0.25, 0.3) is 0 Å². The third kappa shape index (κ3) is 5.29. The Balaban J connectivity index is 1.86. The van der Waals surface area contributed by atoms with Crippen molar-refractivity contribution in [2.24, 2.45) is 4.99 Å². The van der Waals surface area contributed by atoms with Crippen LogP contribution in [0, 0.1) is 0 Å². The molecule has 0 aromatic heterocycles. The van der Waals surface area contributed by atoms with E-state index < -0.39 is 0 Å². The van der Waals surface area contributed by atoms with Crippen molar-refractivity contribution < 1.29 is 4.74 Å². The van der Waals surface area contributed by atoms with Gasteiger partial charge in [0.05, 0.1) is 17.8 Å². The number of amidine groups is 1. The molecular weight excluding hydrogens is 378 g/mol. The van der Waals surface area contributed by atoms with Gasteiger partial charge >= 0.3 is 0 Å². The SMILES string of the molecule is COc1ccc(N/C(=N/C(=S)Nc2ccccc2Cl)c2ccccc2)cc1. The second-order valence-corrected chi connectivity index (χ2v) is 6.38. The number of ether oxygens (including phenoxy) is 1. The van der Waals surface area contributed by atoms with Crippen molar-refractivity contribution >= 4 is 46.1 Å². The van der Waals surface area contributed by atoms with Gasteiger partial charge in [0.15, 0.2) is 5.11 Å². The normalized spacial score (nSPS) is 11.0. The number of halogens is 1. The Morgan fingerprint density at radius 2 is 1.56 bits per heavy atom. The first-order chi connectivity index (χ1) is 13.2. The Hall–Kier alpha value is -2.89. The van der Waals surface area contributed by atoms with E-state index >= 15 is 0 Å². The molecule has 0 aliphatic rings. The zero-order valence-corrected chi connectivity index (χ0v) is 16.2. The van der Waals surface area contributed by atoms with E-state index in [4.69, 9.17) is 28.6 Å². The van der Waals surface area contributed by atoms with E-state index in [0.29, 0.717) is 21.7 Å². The molecule has 0 aliphatic carbocycles. The number of hydrogen-bond donors (Lipinski definition) is 2. The molecule has 4 nitrogen and oxygen atoms in total. The van der Waals surface area contributed by atoms with Crippen LogP contribution < -0.4 is 15.4 Å². The van der Waals surface area contributed by atoms with Crippen molar-refractivity contribution in [2.45, 2.75) is 0 Å². The van der Waals surface area contributed by atoms with Crippen LogP contribution in [0.2, 0.25) is 5.02 Å².